The van der Waals surface area contributed by atoms with Crippen LogP contribution in [0.4, 0.5) is 0 Å². The topological polar surface area (TPSA) is 17.1 Å². The van der Waals surface area contributed by atoms with E-state index in [0.29, 0.717) is 5.92 Å². The number of aldehydes is 1. The van der Waals surface area contributed by atoms with E-state index in [2.05, 4.69) is 19.9 Å². The number of hydrogen-bond donors (Lipinski definition) is 0. The highest BCUT2D eigenvalue weighted by Crippen LogP contribution is 2.27. The van der Waals surface area contributed by atoms with E-state index >= 15 is 0 Å². The van der Waals surface area contributed by atoms with Crippen molar-refractivity contribution in [3.63, 3.8) is 0 Å². The molecule has 0 fully saturated rings. The third kappa shape index (κ3) is 2.18. The summed E-state index contributed by atoms with van der Waals surface area (Å²) in [6.45, 7) is 4.46. The number of allylic oxidation sites excluding steroid dienone is 2. The number of hydrogen-bond acceptors (Lipinski definition) is 1. The molecule has 0 saturated heterocycles. The van der Waals surface area contributed by atoms with Gasteiger partial charge in [-0.3, -0.25) is 0 Å². The second-order valence-corrected chi connectivity index (χ2v) is 3.70. The summed E-state index contributed by atoms with van der Waals surface area (Å²) in [5.41, 5.74) is 0. The van der Waals surface area contributed by atoms with Gasteiger partial charge in [-0.25, -0.2) is 0 Å². The molecule has 62 valence electrons. The van der Waals surface area contributed by atoms with Crippen LogP contribution in [0.5, 0.6) is 0 Å². The second-order valence-electron chi connectivity index (χ2n) is 3.70. The summed E-state index contributed by atoms with van der Waals surface area (Å²) in [5.74, 6) is 1.62. The minimum atomic E-state index is 0.191. The highest BCUT2D eigenvalue weighted by atomic mass is 16.1. The normalized spacial score (nSPS) is 30.8. The molecule has 1 aliphatic rings. The summed E-state index contributed by atoms with van der Waals surface area (Å²) in [6.07, 6.45) is 7.45. The fraction of sp³-hybridized carbons (Fsp3) is 0.700. The van der Waals surface area contributed by atoms with Crippen LogP contribution in [0, 0.1) is 17.8 Å². The molecule has 0 radical (unpaired) electrons. The van der Waals surface area contributed by atoms with E-state index in [1.165, 1.54) is 0 Å². The molecule has 1 nitrogen and oxygen atoms in total. The molecule has 11 heavy (non-hydrogen) atoms. The maximum absolute atomic E-state index is 10.5. The van der Waals surface area contributed by atoms with Gasteiger partial charge in [-0.15, -0.1) is 0 Å². The van der Waals surface area contributed by atoms with E-state index in [9.17, 15) is 4.79 Å². The van der Waals surface area contributed by atoms with Gasteiger partial charge >= 0.3 is 0 Å². The Hall–Kier alpha value is -0.590. The van der Waals surface area contributed by atoms with Crippen LogP contribution in [-0.4, -0.2) is 6.29 Å². The first kappa shape index (κ1) is 8.51. The zero-order chi connectivity index (χ0) is 8.27. The summed E-state index contributed by atoms with van der Waals surface area (Å²) in [7, 11) is 0. The van der Waals surface area contributed by atoms with Crippen molar-refractivity contribution in [2.24, 2.45) is 17.8 Å². The summed E-state index contributed by atoms with van der Waals surface area (Å²) in [6, 6.07) is 0. The van der Waals surface area contributed by atoms with E-state index in [1.807, 2.05) is 6.08 Å². The van der Waals surface area contributed by atoms with Crippen molar-refractivity contribution in [3.05, 3.63) is 12.2 Å². The molecule has 0 spiro atoms. The molecular formula is C10H16O. The monoisotopic (exact) mass is 152 g/mol. The van der Waals surface area contributed by atoms with Crippen molar-refractivity contribution in [3.8, 4) is 0 Å². The fourth-order valence-corrected chi connectivity index (χ4v) is 1.60. The Morgan fingerprint density at radius 3 is 2.82 bits per heavy atom. The summed E-state index contributed by atoms with van der Waals surface area (Å²) >= 11 is 0. The third-order valence-electron chi connectivity index (χ3n) is 2.51. The van der Waals surface area contributed by atoms with Gasteiger partial charge in [-0.05, 0) is 24.7 Å². The minimum Gasteiger partial charge on any atom is -0.303 e. The SMILES string of the molecule is CC(C)C1CC=CC(C=O)C1. The van der Waals surface area contributed by atoms with Gasteiger partial charge in [0.25, 0.3) is 0 Å². The molecule has 1 rings (SSSR count). The molecule has 0 heterocycles. The molecule has 0 aromatic heterocycles. The van der Waals surface area contributed by atoms with Crippen LogP contribution in [-0.2, 0) is 4.79 Å². The Bertz CT molecular complexity index is 158. The quantitative estimate of drug-likeness (QED) is 0.438. The predicted molar refractivity (Wildman–Crippen MR) is 46.3 cm³/mol. The highest BCUT2D eigenvalue weighted by molar-refractivity contribution is 5.56. The van der Waals surface area contributed by atoms with Gasteiger partial charge in [0.2, 0.25) is 0 Å². The molecule has 0 amide bonds. The molecule has 2 atom stereocenters. The largest absolute Gasteiger partial charge is 0.303 e. The van der Waals surface area contributed by atoms with Crippen LogP contribution < -0.4 is 0 Å². The van der Waals surface area contributed by atoms with E-state index in [1.54, 1.807) is 0 Å². The minimum absolute atomic E-state index is 0.191. The number of carbonyl (C=O) groups is 1. The van der Waals surface area contributed by atoms with Crippen LogP contribution in [0.2, 0.25) is 0 Å². The molecule has 0 saturated carbocycles. The van der Waals surface area contributed by atoms with Gasteiger partial charge in [0.1, 0.15) is 6.29 Å². The van der Waals surface area contributed by atoms with Crippen LogP contribution in [0.15, 0.2) is 12.2 Å². The third-order valence-corrected chi connectivity index (χ3v) is 2.51. The van der Waals surface area contributed by atoms with Gasteiger partial charge in [-0.1, -0.05) is 26.0 Å². The van der Waals surface area contributed by atoms with Crippen LogP contribution in [0.3, 0.4) is 0 Å². The number of carbonyl (C=O) groups excluding carboxylic acids is 1. The average Bonchev–Trinajstić information content (AvgIpc) is 2.05. The molecule has 2 unspecified atom stereocenters. The Morgan fingerprint density at radius 1 is 1.55 bits per heavy atom. The maximum atomic E-state index is 10.5. The number of rotatable bonds is 2. The Balaban J connectivity index is 2.50. The predicted octanol–water partition coefficient (Wildman–Crippen LogP) is 2.42. The molecule has 0 N–H and O–H groups in total. The Kier molecular flexibility index (Phi) is 2.86. The summed E-state index contributed by atoms with van der Waals surface area (Å²) in [4.78, 5) is 10.5. The van der Waals surface area contributed by atoms with Gasteiger partial charge in [0.15, 0.2) is 0 Å². The zero-order valence-electron chi connectivity index (χ0n) is 7.29. The average molecular weight is 152 g/mol. The maximum Gasteiger partial charge on any atom is 0.126 e. The Labute approximate surface area is 68.5 Å². The molecule has 0 bridgehead atoms. The second kappa shape index (κ2) is 3.70. The van der Waals surface area contributed by atoms with Crippen molar-refractivity contribution in [1.29, 1.82) is 0 Å². The van der Waals surface area contributed by atoms with Gasteiger partial charge in [-0.2, -0.15) is 0 Å². The molecule has 0 aliphatic heterocycles. The molecule has 1 heteroatoms. The van der Waals surface area contributed by atoms with Gasteiger partial charge < -0.3 is 4.79 Å². The molecule has 1 aliphatic carbocycles. The van der Waals surface area contributed by atoms with Crippen molar-refractivity contribution in [1.82, 2.24) is 0 Å². The first-order chi connectivity index (χ1) is 5.24. The van der Waals surface area contributed by atoms with Crippen LogP contribution in [0.25, 0.3) is 0 Å². The van der Waals surface area contributed by atoms with Crippen molar-refractivity contribution >= 4 is 6.29 Å². The molecule has 0 aromatic carbocycles. The van der Waals surface area contributed by atoms with Crippen LogP contribution >= 0.6 is 0 Å². The lowest BCUT2D eigenvalue weighted by atomic mass is 9.81. The van der Waals surface area contributed by atoms with Gasteiger partial charge in [0, 0.05) is 5.92 Å². The van der Waals surface area contributed by atoms with Crippen molar-refractivity contribution < 1.29 is 4.79 Å². The highest BCUT2D eigenvalue weighted by Gasteiger charge is 2.19. The molecular weight excluding hydrogens is 136 g/mol. The van der Waals surface area contributed by atoms with Crippen LogP contribution in [0.1, 0.15) is 26.7 Å². The zero-order valence-corrected chi connectivity index (χ0v) is 7.29. The smallest absolute Gasteiger partial charge is 0.126 e. The van der Waals surface area contributed by atoms with E-state index in [4.69, 9.17) is 0 Å². The standard InChI is InChI=1S/C10H16O/c1-8(2)10-5-3-4-9(6-10)7-11/h3-4,7-10H,5-6H2,1-2H3. The Morgan fingerprint density at radius 2 is 2.27 bits per heavy atom. The van der Waals surface area contributed by atoms with Crippen molar-refractivity contribution in [2.45, 2.75) is 26.7 Å². The van der Waals surface area contributed by atoms with E-state index in [-0.39, 0.29) is 5.92 Å². The van der Waals surface area contributed by atoms with Gasteiger partial charge in [0.05, 0.1) is 0 Å². The first-order valence-corrected chi connectivity index (χ1v) is 4.36. The fourth-order valence-electron chi connectivity index (χ4n) is 1.60. The summed E-state index contributed by atoms with van der Waals surface area (Å²) < 4.78 is 0. The van der Waals surface area contributed by atoms with E-state index in [0.717, 1.165) is 25.0 Å². The lowest BCUT2D eigenvalue weighted by Gasteiger charge is -2.24. The lowest BCUT2D eigenvalue weighted by Crippen LogP contribution is -2.16. The summed E-state index contributed by atoms with van der Waals surface area (Å²) in [5, 5.41) is 0. The van der Waals surface area contributed by atoms with E-state index < -0.39 is 0 Å². The first-order valence-electron chi connectivity index (χ1n) is 4.36. The van der Waals surface area contributed by atoms with Crippen molar-refractivity contribution in [2.75, 3.05) is 0 Å². The molecule has 0 aromatic rings. The lowest BCUT2D eigenvalue weighted by molar-refractivity contribution is -0.110.